The van der Waals surface area contributed by atoms with Gasteiger partial charge in [0.25, 0.3) is 5.91 Å². The SMILES string of the molecule is CC=CC(=O)Nc1ccc(C(=O)NC(C)(C)C)cc1. The number of anilines is 1. The maximum atomic E-state index is 11.9. The maximum absolute atomic E-state index is 11.9. The molecule has 0 radical (unpaired) electrons. The highest BCUT2D eigenvalue weighted by Crippen LogP contribution is 2.11. The second-order valence-corrected chi connectivity index (χ2v) is 5.27. The van der Waals surface area contributed by atoms with Crippen LogP contribution in [0.3, 0.4) is 0 Å². The zero-order chi connectivity index (χ0) is 14.5. The zero-order valence-electron chi connectivity index (χ0n) is 11.8. The minimum absolute atomic E-state index is 0.126. The molecule has 4 heteroatoms. The molecule has 0 aliphatic rings. The molecule has 0 heterocycles. The van der Waals surface area contributed by atoms with Gasteiger partial charge >= 0.3 is 0 Å². The van der Waals surface area contributed by atoms with Crippen LogP contribution in [-0.4, -0.2) is 17.4 Å². The molecular weight excluding hydrogens is 240 g/mol. The van der Waals surface area contributed by atoms with Gasteiger partial charge in [0.1, 0.15) is 0 Å². The number of nitrogens with one attached hydrogen (secondary N) is 2. The monoisotopic (exact) mass is 260 g/mol. The molecule has 0 fully saturated rings. The van der Waals surface area contributed by atoms with Crippen molar-refractivity contribution in [1.29, 1.82) is 0 Å². The summed E-state index contributed by atoms with van der Waals surface area (Å²) in [5, 5.41) is 5.58. The second kappa shape index (κ2) is 6.18. The van der Waals surface area contributed by atoms with Crippen molar-refractivity contribution in [3.8, 4) is 0 Å². The van der Waals surface area contributed by atoms with Crippen molar-refractivity contribution in [3.63, 3.8) is 0 Å². The summed E-state index contributed by atoms with van der Waals surface area (Å²) in [5.41, 5.74) is 0.963. The summed E-state index contributed by atoms with van der Waals surface area (Å²) in [6, 6.07) is 6.79. The maximum Gasteiger partial charge on any atom is 0.251 e. The van der Waals surface area contributed by atoms with Gasteiger partial charge in [0.2, 0.25) is 5.91 Å². The van der Waals surface area contributed by atoms with Gasteiger partial charge in [-0.05, 0) is 58.0 Å². The van der Waals surface area contributed by atoms with Gasteiger partial charge in [-0.25, -0.2) is 0 Å². The number of hydrogen-bond acceptors (Lipinski definition) is 2. The first kappa shape index (κ1) is 15.0. The number of carbonyl (C=O) groups is 2. The van der Waals surface area contributed by atoms with E-state index in [4.69, 9.17) is 0 Å². The molecule has 2 N–H and O–H groups in total. The number of hydrogen-bond donors (Lipinski definition) is 2. The third-order valence-electron chi connectivity index (χ3n) is 2.22. The third kappa shape index (κ3) is 5.38. The summed E-state index contributed by atoms with van der Waals surface area (Å²) in [7, 11) is 0. The second-order valence-electron chi connectivity index (χ2n) is 5.27. The van der Waals surface area contributed by atoms with Crippen LogP contribution in [0.1, 0.15) is 38.1 Å². The van der Waals surface area contributed by atoms with Gasteiger partial charge in [0, 0.05) is 16.8 Å². The fraction of sp³-hybridized carbons (Fsp3) is 0.333. The Kier molecular flexibility index (Phi) is 4.87. The van der Waals surface area contributed by atoms with E-state index in [0.29, 0.717) is 11.3 Å². The first-order valence-electron chi connectivity index (χ1n) is 6.18. The van der Waals surface area contributed by atoms with Crippen LogP contribution in [0, 0.1) is 0 Å². The predicted octanol–water partition coefficient (Wildman–Crippen LogP) is 2.73. The molecule has 4 nitrogen and oxygen atoms in total. The molecule has 0 aliphatic carbocycles. The molecule has 0 aliphatic heterocycles. The van der Waals surface area contributed by atoms with Crippen LogP contribution in [0.5, 0.6) is 0 Å². The highest BCUT2D eigenvalue weighted by Gasteiger charge is 2.14. The van der Waals surface area contributed by atoms with Crippen molar-refractivity contribution in [1.82, 2.24) is 5.32 Å². The average Bonchev–Trinajstić information content (AvgIpc) is 2.27. The number of carbonyl (C=O) groups excluding carboxylic acids is 2. The van der Waals surface area contributed by atoms with Gasteiger partial charge in [-0.2, -0.15) is 0 Å². The van der Waals surface area contributed by atoms with Crippen LogP contribution in [0.2, 0.25) is 0 Å². The minimum atomic E-state index is -0.268. The third-order valence-corrected chi connectivity index (χ3v) is 2.22. The zero-order valence-corrected chi connectivity index (χ0v) is 11.8. The van der Waals surface area contributed by atoms with E-state index in [1.165, 1.54) is 6.08 Å². The molecule has 19 heavy (non-hydrogen) atoms. The standard InChI is InChI=1S/C15H20N2O2/c1-5-6-13(18)16-12-9-7-11(8-10-12)14(19)17-15(2,3)4/h5-10H,1-4H3,(H,16,18)(H,17,19). The molecule has 0 bridgehead atoms. The molecule has 0 saturated carbocycles. The van der Waals surface area contributed by atoms with Gasteiger partial charge in [-0.15, -0.1) is 0 Å². The van der Waals surface area contributed by atoms with E-state index in [0.717, 1.165) is 0 Å². The van der Waals surface area contributed by atoms with E-state index < -0.39 is 0 Å². The summed E-state index contributed by atoms with van der Waals surface area (Å²) >= 11 is 0. The van der Waals surface area contributed by atoms with Gasteiger partial charge < -0.3 is 10.6 Å². The van der Waals surface area contributed by atoms with Crippen molar-refractivity contribution in [3.05, 3.63) is 42.0 Å². The van der Waals surface area contributed by atoms with E-state index in [-0.39, 0.29) is 17.4 Å². The molecule has 1 rings (SSSR count). The first-order chi connectivity index (χ1) is 8.81. The van der Waals surface area contributed by atoms with Gasteiger partial charge in [-0.1, -0.05) is 6.08 Å². The Morgan fingerprint density at radius 1 is 1.11 bits per heavy atom. The smallest absolute Gasteiger partial charge is 0.251 e. The van der Waals surface area contributed by atoms with Crippen LogP contribution in [0.25, 0.3) is 0 Å². The molecule has 1 aromatic rings. The van der Waals surface area contributed by atoms with E-state index >= 15 is 0 Å². The topological polar surface area (TPSA) is 58.2 Å². The van der Waals surface area contributed by atoms with Gasteiger partial charge in [0.05, 0.1) is 0 Å². The van der Waals surface area contributed by atoms with Crippen LogP contribution >= 0.6 is 0 Å². The summed E-state index contributed by atoms with van der Waals surface area (Å²) in [6.07, 6.45) is 3.11. The van der Waals surface area contributed by atoms with Crippen molar-refractivity contribution in [2.24, 2.45) is 0 Å². The normalized spacial score (nSPS) is 11.4. The lowest BCUT2D eigenvalue weighted by molar-refractivity contribution is -0.111. The number of rotatable bonds is 3. The van der Waals surface area contributed by atoms with E-state index in [9.17, 15) is 9.59 Å². The summed E-state index contributed by atoms with van der Waals surface area (Å²) in [6.45, 7) is 7.56. The van der Waals surface area contributed by atoms with Crippen molar-refractivity contribution >= 4 is 17.5 Å². The molecule has 0 aromatic heterocycles. The Bertz CT molecular complexity index is 482. The molecule has 0 saturated heterocycles. The van der Waals surface area contributed by atoms with Crippen molar-refractivity contribution in [2.75, 3.05) is 5.32 Å². The number of benzene rings is 1. The summed E-state index contributed by atoms with van der Waals surface area (Å²) < 4.78 is 0. The van der Waals surface area contributed by atoms with Gasteiger partial charge in [0.15, 0.2) is 0 Å². The largest absolute Gasteiger partial charge is 0.347 e. The predicted molar refractivity (Wildman–Crippen MR) is 77.1 cm³/mol. The van der Waals surface area contributed by atoms with Gasteiger partial charge in [-0.3, -0.25) is 9.59 Å². The van der Waals surface area contributed by atoms with E-state index in [1.54, 1.807) is 37.3 Å². The molecule has 2 amide bonds. The molecule has 102 valence electrons. The average molecular weight is 260 g/mol. The lowest BCUT2D eigenvalue weighted by Gasteiger charge is -2.20. The fourth-order valence-electron chi connectivity index (χ4n) is 1.45. The molecule has 0 atom stereocenters. The Labute approximate surface area is 113 Å². The minimum Gasteiger partial charge on any atom is -0.347 e. The highest BCUT2D eigenvalue weighted by molar-refractivity contribution is 6.00. The quantitative estimate of drug-likeness (QED) is 0.821. The first-order valence-corrected chi connectivity index (χ1v) is 6.18. The Morgan fingerprint density at radius 3 is 2.16 bits per heavy atom. The molecule has 0 unspecified atom stereocenters. The van der Waals surface area contributed by atoms with Crippen molar-refractivity contribution < 1.29 is 9.59 Å². The Hall–Kier alpha value is -2.10. The molecule has 0 spiro atoms. The highest BCUT2D eigenvalue weighted by atomic mass is 16.2. The van der Waals surface area contributed by atoms with E-state index in [2.05, 4.69) is 10.6 Å². The lowest BCUT2D eigenvalue weighted by Crippen LogP contribution is -2.40. The molecular formula is C15H20N2O2. The number of amides is 2. The van der Waals surface area contributed by atoms with Crippen LogP contribution in [-0.2, 0) is 4.79 Å². The summed E-state index contributed by atoms with van der Waals surface area (Å²) in [4.78, 5) is 23.2. The van der Waals surface area contributed by atoms with Crippen LogP contribution < -0.4 is 10.6 Å². The Morgan fingerprint density at radius 2 is 1.68 bits per heavy atom. The van der Waals surface area contributed by atoms with Crippen LogP contribution in [0.15, 0.2) is 36.4 Å². The lowest BCUT2D eigenvalue weighted by atomic mass is 10.1. The Balaban J connectivity index is 2.71. The van der Waals surface area contributed by atoms with Crippen LogP contribution in [0.4, 0.5) is 5.69 Å². The number of allylic oxidation sites excluding steroid dienone is 1. The molecule has 1 aromatic carbocycles. The fourth-order valence-corrected chi connectivity index (χ4v) is 1.45. The van der Waals surface area contributed by atoms with Crippen molar-refractivity contribution in [2.45, 2.75) is 33.2 Å². The van der Waals surface area contributed by atoms with E-state index in [1.807, 2.05) is 20.8 Å². The summed E-state index contributed by atoms with van der Waals surface area (Å²) in [5.74, 6) is -0.312.